The maximum absolute atomic E-state index is 12.5. The Morgan fingerprint density at radius 2 is 1.96 bits per heavy atom. The zero-order valence-corrected chi connectivity index (χ0v) is 17.2. The van der Waals surface area contributed by atoms with Crippen molar-refractivity contribution in [3.63, 3.8) is 0 Å². The molecule has 5 nitrogen and oxygen atoms in total. The van der Waals surface area contributed by atoms with Crippen LogP contribution in [0, 0.1) is 0 Å². The van der Waals surface area contributed by atoms with Crippen LogP contribution in [0.4, 0.5) is 0 Å². The van der Waals surface area contributed by atoms with Crippen molar-refractivity contribution >= 4 is 17.5 Å². The van der Waals surface area contributed by atoms with E-state index in [4.69, 9.17) is 11.6 Å². The molecule has 1 amide bonds. The van der Waals surface area contributed by atoms with Gasteiger partial charge in [0.15, 0.2) is 0 Å². The quantitative estimate of drug-likeness (QED) is 0.702. The summed E-state index contributed by atoms with van der Waals surface area (Å²) in [4.78, 5) is 21.3. The largest absolute Gasteiger partial charge is 0.353 e. The summed E-state index contributed by atoms with van der Waals surface area (Å²) in [6.07, 6.45) is 5.03. The molecule has 1 aliphatic rings. The molecule has 3 rings (SSSR count). The third-order valence-electron chi connectivity index (χ3n) is 5.23. The van der Waals surface area contributed by atoms with Gasteiger partial charge in [0.05, 0.1) is 12.6 Å². The van der Waals surface area contributed by atoms with Crippen LogP contribution in [0.1, 0.15) is 30.1 Å². The highest BCUT2D eigenvalue weighted by Crippen LogP contribution is 2.29. The van der Waals surface area contributed by atoms with E-state index in [2.05, 4.69) is 21.3 Å². The van der Waals surface area contributed by atoms with E-state index in [1.807, 2.05) is 48.3 Å². The monoisotopic (exact) mass is 400 g/mol. The first-order chi connectivity index (χ1) is 13.6. The van der Waals surface area contributed by atoms with E-state index in [1.54, 1.807) is 6.20 Å². The van der Waals surface area contributed by atoms with Crippen molar-refractivity contribution in [3.8, 4) is 0 Å². The SMILES string of the molecule is CN(CCc1ccccn1)CC(=O)NCC(c1ccccc1Cl)N1CCCC1. The van der Waals surface area contributed by atoms with Gasteiger partial charge in [0.1, 0.15) is 0 Å². The summed E-state index contributed by atoms with van der Waals surface area (Å²) in [5, 5.41) is 3.88. The molecule has 150 valence electrons. The van der Waals surface area contributed by atoms with Crippen molar-refractivity contribution in [2.45, 2.75) is 25.3 Å². The average molecular weight is 401 g/mol. The number of pyridine rings is 1. The molecule has 1 fully saturated rings. The summed E-state index contributed by atoms with van der Waals surface area (Å²) < 4.78 is 0. The molecule has 28 heavy (non-hydrogen) atoms. The van der Waals surface area contributed by atoms with E-state index in [0.717, 1.165) is 42.3 Å². The number of amides is 1. The van der Waals surface area contributed by atoms with Gasteiger partial charge in [-0.1, -0.05) is 35.9 Å². The molecule has 1 atom stereocenters. The molecular formula is C22H29ClN4O. The number of benzene rings is 1. The fourth-order valence-electron chi connectivity index (χ4n) is 3.68. The molecule has 2 heterocycles. The molecule has 1 unspecified atom stereocenters. The Kier molecular flexibility index (Phi) is 7.83. The first-order valence-corrected chi connectivity index (χ1v) is 10.3. The first kappa shape index (κ1) is 20.8. The molecule has 0 spiro atoms. The number of carbonyl (C=O) groups is 1. The van der Waals surface area contributed by atoms with Crippen LogP contribution in [0.2, 0.25) is 5.02 Å². The molecule has 1 aliphatic heterocycles. The van der Waals surface area contributed by atoms with Gasteiger partial charge in [-0.2, -0.15) is 0 Å². The maximum Gasteiger partial charge on any atom is 0.234 e. The number of hydrogen-bond donors (Lipinski definition) is 1. The summed E-state index contributed by atoms with van der Waals surface area (Å²) >= 11 is 6.44. The number of halogens is 1. The lowest BCUT2D eigenvalue weighted by Crippen LogP contribution is -2.41. The minimum Gasteiger partial charge on any atom is -0.353 e. The average Bonchev–Trinajstić information content (AvgIpc) is 3.23. The Hall–Kier alpha value is -1.95. The molecule has 0 saturated carbocycles. The number of hydrogen-bond acceptors (Lipinski definition) is 4. The van der Waals surface area contributed by atoms with Gasteiger partial charge in [0.2, 0.25) is 5.91 Å². The molecular weight excluding hydrogens is 372 g/mol. The predicted octanol–water partition coefficient (Wildman–Crippen LogP) is 3.16. The normalized spacial score (nSPS) is 15.7. The Labute approximate surface area is 172 Å². The Balaban J connectivity index is 1.51. The fourth-order valence-corrected chi connectivity index (χ4v) is 3.94. The molecule has 1 aromatic heterocycles. The van der Waals surface area contributed by atoms with Crippen LogP contribution in [0.25, 0.3) is 0 Å². The van der Waals surface area contributed by atoms with Crippen LogP contribution in [0.3, 0.4) is 0 Å². The van der Waals surface area contributed by atoms with Crippen molar-refractivity contribution < 1.29 is 4.79 Å². The minimum atomic E-state index is 0.0415. The van der Waals surface area contributed by atoms with Gasteiger partial charge < -0.3 is 5.32 Å². The fraction of sp³-hybridized carbons (Fsp3) is 0.455. The highest BCUT2D eigenvalue weighted by atomic mass is 35.5. The second-order valence-corrected chi connectivity index (χ2v) is 7.80. The number of likely N-dealkylation sites (N-methyl/N-ethyl adjacent to an activating group) is 1. The van der Waals surface area contributed by atoms with Crippen LogP contribution in [0.5, 0.6) is 0 Å². The van der Waals surface area contributed by atoms with E-state index in [1.165, 1.54) is 12.8 Å². The van der Waals surface area contributed by atoms with E-state index in [-0.39, 0.29) is 11.9 Å². The van der Waals surface area contributed by atoms with Crippen molar-refractivity contribution in [2.24, 2.45) is 0 Å². The number of likely N-dealkylation sites (tertiary alicyclic amines) is 1. The Morgan fingerprint density at radius 1 is 1.21 bits per heavy atom. The van der Waals surface area contributed by atoms with E-state index >= 15 is 0 Å². The van der Waals surface area contributed by atoms with Crippen molar-refractivity contribution in [2.75, 3.05) is 39.8 Å². The zero-order chi connectivity index (χ0) is 19.8. The highest BCUT2D eigenvalue weighted by molar-refractivity contribution is 6.31. The summed E-state index contributed by atoms with van der Waals surface area (Å²) in [5.41, 5.74) is 2.14. The standard InChI is InChI=1S/C22H29ClN4O/c1-26(15-11-18-8-4-5-12-24-18)17-22(28)25-16-21(27-13-6-7-14-27)19-9-2-3-10-20(19)23/h2-5,8-10,12,21H,6-7,11,13-17H2,1H3,(H,25,28). The first-order valence-electron chi connectivity index (χ1n) is 9.97. The zero-order valence-electron chi connectivity index (χ0n) is 16.5. The lowest BCUT2D eigenvalue weighted by atomic mass is 10.1. The number of rotatable bonds is 9. The molecule has 1 N–H and O–H groups in total. The van der Waals surface area contributed by atoms with Gasteiger partial charge >= 0.3 is 0 Å². The van der Waals surface area contributed by atoms with Crippen molar-refractivity contribution in [1.82, 2.24) is 20.1 Å². The molecule has 1 aromatic carbocycles. The van der Waals surface area contributed by atoms with Gasteiger partial charge in [0, 0.05) is 36.4 Å². The molecule has 0 bridgehead atoms. The van der Waals surface area contributed by atoms with E-state index in [9.17, 15) is 4.79 Å². The summed E-state index contributed by atoms with van der Waals surface area (Å²) in [7, 11) is 1.97. The topological polar surface area (TPSA) is 48.5 Å². The van der Waals surface area contributed by atoms with E-state index < -0.39 is 0 Å². The van der Waals surface area contributed by atoms with Crippen LogP contribution < -0.4 is 5.32 Å². The van der Waals surface area contributed by atoms with Gasteiger partial charge in [-0.3, -0.25) is 19.6 Å². The molecule has 0 aliphatic carbocycles. The lowest BCUT2D eigenvalue weighted by Gasteiger charge is -2.29. The summed E-state index contributed by atoms with van der Waals surface area (Å²) in [5.74, 6) is 0.0415. The second kappa shape index (κ2) is 10.6. The number of nitrogens with one attached hydrogen (secondary N) is 1. The van der Waals surface area contributed by atoms with Gasteiger partial charge in [0.25, 0.3) is 0 Å². The van der Waals surface area contributed by atoms with E-state index in [0.29, 0.717) is 13.1 Å². The smallest absolute Gasteiger partial charge is 0.234 e. The summed E-state index contributed by atoms with van der Waals surface area (Å²) in [6, 6.07) is 14.0. The number of aromatic nitrogens is 1. The molecule has 0 radical (unpaired) electrons. The Morgan fingerprint density at radius 3 is 2.68 bits per heavy atom. The number of carbonyl (C=O) groups excluding carboxylic acids is 1. The Bertz CT molecular complexity index is 749. The third kappa shape index (κ3) is 6.03. The predicted molar refractivity (Wildman–Crippen MR) is 113 cm³/mol. The van der Waals surface area contributed by atoms with Gasteiger partial charge in [-0.05, 0) is 56.7 Å². The molecule has 2 aromatic rings. The lowest BCUT2D eigenvalue weighted by molar-refractivity contribution is -0.122. The minimum absolute atomic E-state index is 0.0415. The van der Waals surface area contributed by atoms with Gasteiger partial charge in [-0.25, -0.2) is 0 Å². The van der Waals surface area contributed by atoms with Crippen molar-refractivity contribution in [3.05, 3.63) is 64.9 Å². The van der Waals surface area contributed by atoms with Crippen LogP contribution in [-0.4, -0.2) is 60.5 Å². The highest BCUT2D eigenvalue weighted by Gasteiger charge is 2.25. The van der Waals surface area contributed by atoms with Gasteiger partial charge in [-0.15, -0.1) is 0 Å². The second-order valence-electron chi connectivity index (χ2n) is 7.39. The molecule has 6 heteroatoms. The molecule has 1 saturated heterocycles. The van der Waals surface area contributed by atoms with Crippen LogP contribution in [0.15, 0.2) is 48.7 Å². The maximum atomic E-state index is 12.5. The third-order valence-corrected chi connectivity index (χ3v) is 5.57. The van der Waals surface area contributed by atoms with Crippen LogP contribution >= 0.6 is 11.6 Å². The number of nitrogens with zero attached hydrogens (tertiary/aromatic N) is 3. The van der Waals surface area contributed by atoms with Crippen LogP contribution in [-0.2, 0) is 11.2 Å². The summed E-state index contributed by atoms with van der Waals surface area (Å²) in [6.45, 7) is 3.86. The van der Waals surface area contributed by atoms with Crippen molar-refractivity contribution in [1.29, 1.82) is 0 Å².